The molecule has 1 fully saturated rings. The van der Waals surface area contributed by atoms with Gasteiger partial charge in [0.1, 0.15) is 0 Å². The van der Waals surface area contributed by atoms with E-state index in [1.54, 1.807) is 0 Å². The molecule has 1 aliphatic rings. The predicted molar refractivity (Wildman–Crippen MR) is 96.0 cm³/mol. The van der Waals surface area contributed by atoms with Gasteiger partial charge < -0.3 is 20.6 Å². The van der Waals surface area contributed by atoms with Gasteiger partial charge >= 0.3 is 6.03 Å². The first kappa shape index (κ1) is 18.5. The van der Waals surface area contributed by atoms with Crippen LogP contribution in [-0.2, 0) is 0 Å². The van der Waals surface area contributed by atoms with Crippen LogP contribution in [0, 0.1) is 11.8 Å². The first-order valence-electron chi connectivity index (χ1n) is 8.91. The van der Waals surface area contributed by atoms with Crippen molar-refractivity contribution < 1.29 is 9.90 Å². The number of urea groups is 1. The molecule has 1 unspecified atom stereocenters. The summed E-state index contributed by atoms with van der Waals surface area (Å²) in [5, 5.41) is 15.3. The Bertz CT molecular complexity index is 487. The number of hydrogen-bond acceptors (Lipinski definition) is 4. The molecule has 24 heavy (non-hydrogen) atoms. The molecule has 0 saturated carbocycles. The van der Waals surface area contributed by atoms with Crippen LogP contribution >= 0.6 is 0 Å². The van der Waals surface area contributed by atoms with Gasteiger partial charge in [-0.2, -0.15) is 0 Å². The van der Waals surface area contributed by atoms with E-state index in [1.807, 2.05) is 26.2 Å². The Hall–Kier alpha value is -1.82. The summed E-state index contributed by atoms with van der Waals surface area (Å²) in [7, 11) is 0. The number of nitrogens with zero attached hydrogens (tertiary/aromatic N) is 2. The molecule has 0 radical (unpaired) electrons. The number of carbonyl (C=O) groups is 1. The SMILES string of the molecule is CC(C)C(O)CNC(=O)NCCC1CCN(c2ccncc2)CC1. The van der Waals surface area contributed by atoms with Crippen molar-refractivity contribution in [2.75, 3.05) is 31.1 Å². The highest BCUT2D eigenvalue weighted by atomic mass is 16.3. The van der Waals surface area contributed by atoms with E-state index >= 15 is 0 Å². The lowest BCUT2D eigenvalue weighted by atomic mass is 9.93. The summed E-state index contributed by atoms with van der Waals surface area (Å²) in [5.41, 5.74) is 1.24. The lowest BCUT2D eigenvalue weighted by molar-refractivity contribution is 0.125. The second-order valence-corrected chi connectivity index (χ2v) is 6.87. The molecule has 0 aliphatic carbocycles. The molecule has 1 aromatic rings. The summed E-state index contributed by atoms with van der Waals surface area (Å²) >= 11 is 0. The van der Waals surface area contributed by atoms with Crippen molar-refractivity contribution in [1.29, 1.82) is 0 Å². The Morgan fingerprint density at radius 3 is 2.58 bits per heavy atom. The number of piperidine rings is 1. The Morgan fingerprint density at radius 2 is 1.96 bits per heavy atom. The number of pyridine rings is 1. The van der Waals surface area contributed by atoms with E-state index in [4.69, 9.17) is 0 Å². The molecule has 0 bridgehead atoms. The summed E-state index contributed by atoms with van der Waals surface area (Å²) < 4.78 is 0. The van der Waals surface area contributed by atoms with Crippen LogP contribution < -0.4 is 15.5 Å². The highest BCUT2D eigenvalue weighted by Crippen LogP contribution is 2.24. The minimum Gasteiger partial charge on any atom is -0.391 e. The molecule has 0 spiro atoms. The van der Waals surface area contributed by atoms with E-state index < -0.39 is 6.10 Å². The molecular weight excluding hydrogens is 304 g/mol. The third kappa shape index (κ3) is 6.00. The predicted octanol–water partition coefficient (Wildman–Crippen LogP) is 2.00. The standard InChI is InChI=1S/C18H30N4O2/c1-14(2)17(23)13-21-18(24)20-10-3-15-6-11-22(12-7-15)16-4-8-19-9-5-16/h4-5,8-9,14-15,17,23H,3,6-7,10-13H2,1-2H3,(H2,20,21,24). The minimum absolute atomic E-state index is 0.149. The molecule has 134 valence electrons. The fourth-order valence-electron chi connectivity index (χ4n) is 2.92. The molecule has 1 aromatic heterocycles. The number of aliphatic hydroxyl groups is 1. The van der Waals surface area contributed by atoms with Gasteiger partial charge in [0, 0.05) is 44.3 Å². The van der Waals surface area contributed by atoms with Gasteiger partial charge in [0.25, 0.3) is 0 Å². The minimum atomic E-state index is -0.492. The van der Waals surface area contributed by atoms with Crippen LogP contribution in [-0.4, -0.2) is 48.4 Å². The van der Waals surface area contributed by atoms with E-state index in [9.17, 15) is 9.90 Å². The van der Waals surface area contributed by atoms with Gasteiger partial charge in [-0.3, -0.25) is 4.98 Å². The highest BCUT2D eigenvalue weighted by Gasteiger charge is 2.19. The molecule has 2 heterocycles. The largest absolute Gasteiger partial charge is 0.391 e. The van der Waals surface area contributed by atoms with Crippen molar-refractivity contribution in [3.63, 3.8) is 0 Å². The van der Waals surface area contributed by atoms with Gasteiger partial charge in [0.2, 0.25) is 0 Å². The van der Waals surface area contributed by atoms with Crippen LogP contribution in [0.4, 0.5) is 10.5 Å². The molecule has 6 nitrogen and oxygen atoms in total. The van der Waals surface area contributed by atoms with Crippen LogP contribution in [0.25, 0.3) is 0 Å². The van der Waals surface area contributed by atoms with Gasteiger partial charge in [0.15, 0.2) is 0 Å². The van der Waals surface area contributed by atoms with E-state index in [0.717, 1.165) is 32.4 Å². The number of aliphatic hydroxyl groups excluding tert-OH is 1. The number of rotatable bonds is 7. The average molecular weight is 334 g/mol. The van der Waals surface area contributed by atoms with Gasteiger partial charge in [-0.1, -0.05) is 13.8 Å². The zero-order valence-corrected chi connectivity index (χ0v) is 14.7. The Kier molecular flexibility index (Phi) is 7.31. The molecule has 2 rings (SSSR count). The first-order valence-corrected chi connectivity index (χ1v) is 8.91. The number of aromatic nitrogens is 1. The van der Waals surface area contributed by atoms with Crippen molar-refractivity contribution in [3.8, 4) is 0 Å². The lowest BCUT2D eigenvalue weighted by Crippen LogP contribution is -2.42. The Balaban J connectivity index is 1.58. The Morgan fingerprint density at radius 1 is 1.29 bits per heavy atom. The van der Waals surface area contributed by atoms with Crippen molar-refractivity contribution in [3.05, 3.63) is 24.5 Å². The fourth-order valence-corrected chi connectivity index (χ4v) is 2.92. The van der Waals surface area contributed by atoms with Crippen LogP contribution in [0.2, 0.25) is 0 Å². The maximum Gasteiger partial charge on any atom is 0.314 e. The van der Waals surface area contributed by atoms with E-state index in [2.05, 4.69) is 32.7 Å². The van der Waals surface area contributed by atoms with Gasteiger partial charge in [-0.15, -0.1) is 0 Å². The summed E-state index contributed by atoms with van der Waals surface area (Å²) in [6.07, 6.45) is 6.48. The van der Waals surface area contributed by atoms with E-state index in [-0.39, 0.29) is 11.9 Å². The topological polar surface area (TPSA) is 77.5 Å². The highest BCUT2D eigenvalue weighted by molar-refractivity contribution is 5.73. The lowest BCUT2D eigenvalue weighted by Gasteiger charge is -2.33. The third-order valence-corrected chi connectivity index (χ3v) is 4.72. The van der Waals surface area contributed by atoms with Gasteiger partial charge in [-0.25, -0.2) is 4.79 Å². The van der Waals surface area contributed by atoms with Crippen molar-refractivity contribution >= 4 is 11.7 Å². The zero-order valence-electron chi connectivity index (χ0n) is 14.7. The van der Waals surface area contributed by atoms with E-state index in [1.165, 1.54) is 5.69 Å². The molecular formula is C18H30N4O2. The van der Waals surface area contributed by atoms with Crippen molar-refractivity contribution in [2.45, 2.75) is 39.2 Å². The smallest absolute Gasteiger partial charge is 0.314 e. The molecule has 0 aromatic carbocycles. The van der Waals surface area contributed by atoms with Crippen LogP contribution in [0.1, 0.15) is 33.1 Å². The molecule has 1 aliphatic heterocycles. The second kappa shape index (κ2) is 9.47. The summed E-state index contributed by atoms with van der Waals surface area (Å²) in [4.78, 5) is 18.2. The fraction of sp³-hybridized carbons (Fsp3) is 0.667. The quantitative estimate of drug-likeness (QED) is 0.713. The molecule has 1 atom stereocenters. The normalized spacial score (nSPS) is 16.9. The van der Waals surface area contributed by atoms with Crippen LogP contribution in [0.15, 0.2) is 24.5 Å². The van der Waals surface area contributed by atoms with Crippen molar-refractivity contribution in [1.82, 2.24) is 15.6 Å². The van der Waals surface area contributed by atoms with Gasteiger partial charge in [0.05, 0.1) is 6.10 Å². The Labute approximate surface area is 144 Å². The van der Waals surface area contributed by atoms with Gasteiger partial charge in [-0.05, 0) is 43.2 Å². The number of carbonyl (C=O) groups excluding carboxylic acids is 1. The first-order chi connectivity index (χ1) is 11.6. The summed E-state index contributed by atoms with van der Waals surface area (Å²) in [6.45, 7) is 6.96. The molecule has 2 amide bonds. The van der Waals surface area contributed by atoms with Crippen LogP contribution in [0.5, 0.6) is 0 Å². The maximum absolute atomic E-state index is 11.7. The second-order valence-electron chi connectivity index (χ2n) is 6.87. The van der Waals surface area contributed by atoms with Crippen molar-refractivity contribution in [2.24, 2.45) is 11.8 Å². The van der Waals surface area contributed by atoms with E-state index in [0.29, 0.717) is 19.0 Å². The maximum atomic E-state index is 11.7. The number of nitrogens with one attached hydrogen (secondary N) is 2. The average Bonchev–Trinajstić information content (AvgIpc) is 2.61. The molecule has 1 saturated heterocycles. The zero-order chi connectivity index (χ0) is 17.4. The number of anilines is 1. The summed E-state index contributed by atoms with van der Waals surface area (Å²) in [6, 6.07) is 3.92. The molecule has 6 heteroatoms. The summed E-state index contributed by atoms with van der Waals surface area (Å²) in [5.74, 6) is 0.806. The third-order valence-electron chi connectivity index (χ3n) is 4.72. The number of hydrogen-bond donors (Lipinski definition) is 3. The number of amides is 2. The monoisotopic (exact) mass is 334 g/mol. The van der Waals surface area contributed by atoms with Crippen LogP contribution in [0.3, 0.4) is 0 Å². The molecule has 3 N–H and O–H groups in total.